The number of nitrogens with zero attached hydrogens (tertiary/aromatic N) is 2. The lowest BCUT2D eigenvalue weighted by molar-refractivity contribution is -0.385. The van der Waals surface area contributed by atoms with E-state index in [9.17, 15) is 20.2 Å². The molecular formula is C16H16N2O4S. The SMILES string of the molecule is CC(SC(C)c1cccc([N+](=O)[O-])c1)c1cccc([N+](=O)[O-])c1. The van der Waals surface area contributed by atoms with Crippen LogP contribution in [0, 0.1) is 20.2 Å². The van der Waals surface area contributed by atoms with Crippen molar-refractivity contribution in [1.82, 2.24) is 0 Å². The van der Waals surface area contributed by atoms with E-state index in [0.29, 0.717) is 0 Å². The molecule has 2 atom stereocenters. The van der Waals surface area contributed by atoms with Gasteiger partial charge in [-0.3, -0.25) is 20.2 Å². The minimum absolute atomic E-state index is 0.0316. The highest BCUT2D eigenvalue weighted by molar-refractivity contribution is 7.99. The Morgan fingerprint density at radius 2 is 1.22 bits per heavy atom. The Kier molecular flexibility index (Phi) is 5.33. The van der Waals surface area contributed by atoms with Crippen molar-refractivity contribution in [3.63, 3.8) is 0 Å². The van der Waals surface area contributed by atoms with Gasteiger partial charge in [0.1, 0.15) is 0 Å². The average Bonchev–Trinajstić information content (AvgIpc) is 2.54. The summed E-state index contributed by atoms with van der Waals surface area (Å²) in [6.07, 6.45) is 0. The topological polar surface area (TPSA) is 86.3 Å². The quantitative estimate of drug-likeness (QED) is 0.545. The van der Waals surface area contributed by atoms with Crippen LogP contribution in [0.25, 0.3) is 0 Å². The van der Waals surface area contributed by atoms with Crippen LogP contribution in [0.15, 0.2) is 48.5 Å². The molecule has 0 aromatic heterocycles. The van der Waals surface area contributed by atoms with Crippen LogP contribution in [0.2, 0.25) is 0 Å². The van der Waals surface area contributed by atoms with Crippen molar-refractivity contribution >= 4 is 23.1 Å². The lowest BCUT2D eigenvalue weighted by Gasteiger charge is -2.17. The van der Waals surface area contributed by atoms with Crippen molar-refractivity contribution in [1.29, 1.82) is 0 Å². The maximum Gasteiger partial charge on any atom is 0.269 e. The first kappa shape index (κ1) is 17.0. The highest BCUT2D eigenvalue weighted by atomic mass is 32.2. The molecule has 0 spiro atoms. The van der Waals surface area contributed by atoms with Crippen LogP contribution >= 0.6 is 11.8 Å². The predicted molar refractivity (Wildman–Crippen MR) is 90.6 cm³/mol. The van der Waals surface area contributed by atoms with Gasteiger partial charge < -0.3 is 0 Å². The average molecular weight is 332 g/mol. The zero-order chi connectivity index (χ0) is 17.0. The molecule has 0 bridgehead atoms. The summed E-state index contributed by atoms with van der Waals surface area (Å²) in [7, 11) is 0. The van der Waals surface area contributed by atoms with Crippen LogP contribution in [-0.2, 0) is 0 Å². The standard InChI is InChI=1S/C16H16N2O4S/c1-11(13-5-3-7-15(9-13)17(19)20)23-12(2)14-6-4-8-16(10-14)18(21)22/h3-12H,1-2H3. The first-order chi connectivity index (χ1) is 10.9. The summed E-state index contributed by atoms with van der Waals surface area (Å²) in [5, 5.41) is 21.8. The largest absolute Gasteiger partial charge is 0.269 e. The number of rotatable bonds is 6. The van der Waals surface area contributed by atoms with Gasteiger partial charge in [-0.2, -0.15) is 0 Å². The highest BCUT2D eigenvalue weighted by Gasteiger charge is 2.17. The van der Waals surface area contributed by atoms with Gasteiger partial charge in [-0.25, -0.2) is 0 Å². The normalized spacial score (nSPS) is 13.3. The molecule has 0 fully saturated rings. The van der Waals surface area contributed by atoms with Crippen molar-refractivity contribution in [2.75, 3.05) is 0 Å². The van der Waals surface area contributed by atoms with Gasteiger partial charge >= 0.3 is 0 Å². The van der Waals surface area contributed by atoms with Gasteiger partial charge in [-0.15, -0.1) is 11.8 Å². The summed E-state index contributed by atoms with van der Waals surface area (Å²) < 4.78 is 0. The molecule has 0 heterocycles. The van der Waals surface area contributed by atoms with Crippen molar-refractivity contribution in [3.8, 4) is 0 Å². The number of nitro benzene ring substituents is 2. The van der Waals surface area contributed by atoms with E-state index in [1.165, 1.54) is 12.1 Å². The minimum Gasteiger partial charge on any atom is -0.258 e. The molecule has 7 heteroatoms. The smallest absolute Gasteiger partial charge is 0.258 e. The molecule has 0 saturated carbocycles. The van der Waals surface area contributed by atoms with E-state index in [0.717, 1.165) is 11.1 Å². The van der Waals surface area contributed by atoms with Gasteiger partial charge in [0.05, 0.1) is 9.85 Å². The highest BCUT2D eigenvalue weighted by Crippen LogP contribution is 2.41. The molecule has 23 heavy (non-hydrogen) atoms. The van der Waals surface area contributed by atoms with Crippen molar-refractivity contribution < 1.29 is 9.85 Å². The Balaban J connectivity index is 2.14. The molecule has 0 saturated heterocycles. The Labute approximate surface area is 137 Å². The fourth-order valence-corrected chi connectivity index (χ4v) is 3.47. The van der Waals surface area contributed by atoms with Crippen LogP contribution < -0.4 is 0 Å². The molecule has 0 aliphatic carbocycles. The Bertz CT molecular complexity index is 674. The van der Waals surface area contributed by atoms with E-state index >= 15 is 0 Å². The fourth-order valence-electron chi connectivity index (χ4n) is 2.25. The van der Waals surface area contributed by atoms with Gasteiger partial charge in [0.2, 0.25) is 0 Å². The third kappa shape index (κ3) is 4.29. The van der Waals surface area contributed by atoms with E-state index in [4.69, 9.17) is 0 Å². The zero-order valence-electron chi connectivity index (χ0n) is 12.7. The number of hydrogen-bond acceptors (Lipinski definition) is 5. The summed E-state index contributed by atoms with van der Waals surface area (Å²) in [5.41, 5.74) is 1.86. The zero-order valence-corrected chi connectivity index (χ0v) is 13.5. The molecule has 0 amide bonds. The van der Waals surface area contributed by atoms with Gasteiger partial charge in [0.25, 0.3) is 11.4 Å². The number of nitro groups is 2. The minimum atomic E-state index is -0.412. The second-order valence-electron chi connectivity index (χ2n) is 5.12. The third-order valence-corrected chi connectivity index (χ3v) is 4.87. The lowest BCUT2D eigenvalue weighted by Crippen LogP contribution is -1.97. The molecule has 0 N–H and O–H groups in total. The third-order valence-electron chi connectivity index (χ3n) is 3.51. The van der Waals surface area contributed by atoms with Gasteiger partial charge in [0.15, 0.2) is 0 Å². The number of thioether (sulfide) groups is 1. The molecule has 120 valence electrons. The molecule has 0 aliphatic heterocycles. The van der Waals surface area contributed by atoms with Gasteiger partial charge in [-0.1, -0.05) is 24.3 Å². The maximum atomic E-state index is 10.9. The van der Waals surface area contributed by atoms with E-state index in [2.05, 4.69) is 0 Å². The predicted octanol–water partition coefficient (Wildman–Crippen LogP) is 5.06. The fraction of sp³-hybridized carbons (Fsp3) is 0.250. The van der Waals surface area contributed by atoms with Crippen LogP contribution in [0.3, 0.4) is 0 Å². The molecule has 6 nitrogen and oxygen atoms in total. The van der Waals surface area contributed by atoms with Crippen LogP contribution in [-0.4, -0.2) is 9.85 Å². The summed E-state index contributed by atoms with van der Waals surface area (Å²) in [4.78, 5) is 20.9. The van der Waals surface area contributed by atoms with Crippen LogP contribution in [0.5, 0.6) is 0 Å². The molecule has 2 aromatic rings. The molecule has 0 aliphatic rings. The number of non-ortho nitro benzene ring substituents is 2. The van der Waals surface area contributed by atoms with Gasteiger partial charge in [0, 0.05) is 34.8 Å². The lowest BCUT2D eigenvalue weighted by atomic mass is 10.1. The number of hydrogen-bond donors (Lipinski definition) is 0. The molecule has 2 aromatic carbocycles. The van der Waals surface area contributed by atoms with E-state index in [1.54, 1.807) is 36.0 Å². The van der Waals surface area contributed by atoms with E-state index in [1.807, 2.05) is 26.0 Å². The van der Waals surface area contributed by atoms with E-state index in [-0.39, 0.29) is 21.9 Å². The van der Waals surface area contributed by atoms with Gasteiger partial charge in [-0.05, 0) is 25.0 Å². The Hall–Kier alpha value is -2.41. The molecular weight excluding hydrogens is 316 g/mol. The Morgan fingerprint density at radius 3 is 1.57 bits per heavy atom. The van der Waals surface area contributed by atoms with Crippen LogP contribution in [0.4, 0.5) is 11.4 Å². The molecule has 2 rings (SSSR count). The second-order valence-corrected chi connectivity index (χ2v) is 6.81. The first-order valence-corrected chi connectivity index (χ1v) is 7.97. The summed E-state index contributed by atoms with van der Waals surface area (Å²) in [6.45, 7) is 3.94. The maximum absolute atomic E-state index is 10.9. The number of benzene rings is 2. The Morgan fingerprint density at radius 1 is 0.826 bits per heavy atom. The monoisotopic (exact) mass is 332 g/mol. The van der Waals surface area contributed by atoms with Crippen molar-refractivity contribution in [2.45, 2.75) is 24.3 Å². The van der Waals surface area contributed by atoms with Crippen molar-refractivity contribution in [2.24, 2.45) is 0 Å². The summed E-state index contributed by atoms with van der Waals surface area (Å²) in [6, 6.07) is 13.1. The van der Waals surface area contributed by atoms with E-state index < -0.39 is 9.85 Å². The molecule has 0 radical (unpaired) electrons. The summed E-state index contributed by atoms with van der Waals surface area (Å²) in [5.74, 6) is 0. The summed E-state index contributed by atoms with van der Waals surface area (Å²) >= 11 is 1.60. The molecule has 2 unspecified atom stereocenters. The van der Waals surface area contributed by atoms with Crippen LogP contribution in [0.1, 0.15) is 35.5 Å². The second kappa shape index (κ2) is 7.23. The first-order valence-electron chi connectivity index (χ1n) is 7.02. The van der Waals surface area contributed by atoms with Crippen molar-refractivity contribution in [3.05, 3.63) is 79.9 Å².